The summed E-state index contributed by atoms with van der Waals surface area (Å²) in [6.45, 7) is 0.233. The molecule has 2 atom stereocenters. The Hall–Kier alpha value is -2.66. The van der Waals surface area contributed by atoms with Crippen LogP contribution >= 0.6 is 0 Å². The number of primary amides is 1. The highest BCUT2D eigenvalue weighted by molar-refractivity contribution is 5.75. The van der Waals surface area contributed by atoms with Gasteiger partial charge in [0.25, 0.3) is 0 Å². The molecule has 0 fully saturated rings. The summed E-state index contributed by atoms with van der Waals surface area (Å²) in [5.41, 5.74) is 10.4. The number of aromatic nitrogens is 2. The Morgan fingerprint density at radius 3 is 2.39 bits per heavy atom. The summed E-state index contributed by atoms with van der Waals surface area (Å²) in [5.74, 6) is -2.28. The zero-order chi connectivity index (χ0) is 17.2. The fraction of sp³-hybridized carbons (Fsp3) is 0.500. The quantitative estimate of drug-likeness (QED) is 0.187. The number of H-pyrrole nitrogens is 1. The molecule has 0 aliphatic carbocycles. The molecule has 23 heavy (non-hydrogen) atoms. The summed E-state index contributed by atoms with van der Waals surface area (Å²) in [4.78, 5) is 39.5. The summed E-state index contributed by atoms with van der Waals surface area (Å²) >= 11 is 0. The highest BCUT2D eigenvalue weighted by atomic mass is 16.4. The fourth-order valence-corrected chi connectivity index (χ4v) is 1.79. The number of carboxylic acids is 2. The largest absolute Gasteiger partial charge is 0.480 e. The lowest BCUT2D eigenvalue weighted by Gasteiger charge is -2.19. The van der Waals surface area contributed by atoms with Crippen molar-refractivity contribution in [1.82, 2.24) is 26.1 Å². The molecule has 1 heterocycles. The van der Waals surface area contributed by atoms with Crippen LogP contribution in [-0.4, -0.2) is 56.8 Å². The van der Waals surface area contributed by atoms with Crippen molar-refractivity contribution >= 4 is 18.0 Å². The van der Waals surface area contributed by atoms with Gasteiger partial charge in [0, 0.05) is 19.2 Å². The smallest absolute Gasteiger partial charge is 0.322 e. The first-order valence-electron chi connectivity index (χ1n) is 6.87. The van der Waals surface area contributed by atoms with Crippen LogP contribution in [0.2, 0.25) is 0 Å². The van der Waals surface area contributed by atoms with Crippen molar-refractivity contribution in [3.05, 3.63) is 18.2 Å². The third-order valence-electron chi connectivity index (χ3n) is 2.96. The number of hydrazine groups is 1. The van der Waals surface area contributed by atoms with Crippen LogP contribution in [0.1, 0.15) is 18.5 Å². The van der Waals surface area contributed by atoms with E-state index in [1.807, 2.05) is 0 Å². The third-order valence-corrected chi connectivity index (χ3v) is 2.96. The zero-order valence-corrected chi connectivity index (χ0v) is 12.3. The summed E-state index contributed by atoms with van der Waals surface area (Å²) in [7, 11) is 0. The molecule has 0 saturated heterocycles. The number of hydrogen-bond acceptors (Lipinski definition) is 6. The lowest BCUT2D eigenvalue weighted by molar-refractivity contribution is -0.143. The van der Waals surface area contributed by atoms with Crippen molar-refractivity contribution in [2.75, 3.05) is 6.54 Å². The second-order valence-electron chi connectivity index (χ2n) is 4.77. The molecule has 0 spiro atoms. The van der Waals surface area contributed by atoms with E-state index in [1.165, 1.54) is 6.33 Å². The van der Waals surface area contributed by atoms with E-state index < -0.39 is 30.1 Å². The fourth-order valence-electron chi connectivity index (χ4n) is 1.79. The lowest BCUT2D eigenvalue weighted by Crippen LogP contribution is -2.53. The number of imidazole rings is 1. The van der Waals surface area contributed by atoms with Gasteiger partial charge in [0.05, 0.1) is 12.0 Å². The molecule has 1 aromatic rings. The summed E-state index contributed by atoms with van der Waals surface area (Å²) in [5, 5.41) is 20.6. The van der Waals surface area contributed by atoms with Crippen LogP contribution in [0, 0.1) is 0 Å². The monoisotopic (exact) mass is 328 g/mol. The maximum absolute atomic E-state index is 11.2. The Balaban J connectivity index is 2.45. The number of amides is 2. The Labute approximate surface area is 131 Å². The number of carbonyl (C=O) groups excluding carboxylic acids is 1. The van der Waals surface area contributed by atoms with E-state index in [1.54, 1.807) is 6.20 Å². The summed E-state index contributed by atoms with van der Waals surface area (Å²) in [6, 6.07) is -2.73. The van der Waals surface area contributed by atoms with Crippen molar-refractivity contribution in [2.24, 2.45) is 5.73 Å². The van der Waals surface area contributed by atoms with Gasteiger partial charge in [0.1, 0.15) is 12.1 Å². The number of nitrogens with zero attached hydrogens (tertiary/aromatic N) is 1. The number of carbonyl (C=O) groups is 3. The number of carboxylic acid groups (broad SMARTS) is 2. The van der Waals surface area contributed by atoms with Crippen LogP contribution in [0.3, 0.4) is 0 Å². The van der Waals surface area contributed by atoms with E-state index in [0.717, 1.165) is 0 Å². The molecule has 1 aromatic heterocycles. The van der Waals surface area contributed by atoms with E-state index in [0.29, 0.717) is 12.1 Å². The molecule has 11 nitrogen and oxygen atoms in total. The topological polar surface area (TPSA) is 182 Å². The average Bonchev–Trinajstić information content (AvgIpc) is 2.97. The first kappa shape index (κ1) is 18.4. The number of rotatable bonds is 11. The Morgan fingerprint density at radius 2 is 1.87 bits per heavy atom. The van der Waals surface area contributed by atoms with Gasteiger partial charge in [-0.25, -0.2) is 20.6 Å². The van der Waals surface area contributed by atoms with Crippen molar-refractivity contribution in [3.8, 4) is 0 Å². The van der Waals surface area contributed by atoms with Gasteiger partial charge >= 0.3 is 18.0 Å². The Morgan fingerprint density at radius 1 is 1.22 bits per heavy atom. The second-order valence-corrected chi connectivity index (χ2v) is 4.77. The van der Waals surface area contributed by atoms with Gasteiger partial charge < -0.3 is 26.2 Å². The number of aromatic amines is 1. The Bertz CT molecular complexity index is 520. The maximum Gasteiger partial charge on any atom is 0.322 e. The lowest BCUT2D eigenvalue weighted by atomic mass is 10.1. The highest BCUT2D eigenvalue weighted by Crippen LogP contribution is 2.00. The molecule has 128 valence electrons. The van der Waals surface area contributed by atoms with Crippen molar-refractivity contribution < 1.29 is 24.6 Å². The summed E-state index contributed by atoms with van der Waals surface area (Å²) < 4.78 is 0. The molecular weight excluding hydrogens is 308 g/mol. The van der Waals surface area contributed by atoms with Crippen molar-refractivity contribution in [1.29, 1.82) is 0 Å². The predicted octanol–water partition coefficient (Wildman–Crippen LogP) is -1.60. The molecule has 0 saturated carbocycles. The van der Waals surface area contributed by atoms with Crippen LogP contribution in [0.25, 0.3) is 0 Å². The van der Waals surface area contributed by atoms with Gasteiger partial charge in [-0.05, 0) is 12.8 Å². The van der Waals surface area contributed by atoms with Crippen molar-refractivity contribution in [3.63, 3.8) is 0 Å². The number of nitrogens with two attached hydrogens (primary N) is 1. The predicted molar refractivity (Wildman–Crippen MR) is 78.2 cm³/mol. The molecule has 1 rings (SSSR count). The number of aliphatic carboxylic acids is 2. The number of urea groups is 1. The first-order chi connectivity index (χ1) is 10.9. The minimum atomic E-state index is -1.14. The van der Waals surface area contributed by atoms with Crippen LogP contribution in [0.4, 0.5) is 4.79 Å². The number of hydrogen-bond donors (Lipinski definition) is 7. The van der Waals surface area contributed by atoms with Gasteiger partial charge in [-0.15, -0.1) is 0 Å². The standard InChI is InChI=1S/C12H20N6O5/c13-12(23)15-3-1-2-8(10(19)20)17-18-9(11(21)22)4-7-5-14-6-16-7/h5-6,8-9,17-18H,1-4H2,(H,14,16)(H,19,20)(H,21,22)(H3,13,15,23)/t8-,9-/m0/s1. The molecule has 0 unspecified atom stereocenters. The maximum atomic E-state index is 11.2. The van der Waals surface area contributed by atoms with Crippen LogP contribution in [-0.2, 0) is 16.0 Å². The molecule has 0 bridgehead atoms. The van der Waals surface area contributed by atoms with Gasteiger partial charge in [-0.3, -0.25) is 9.59 Å². The van der Waals surface area contributed by atoms with E-state index in [4.69, 9.17) is 15.9 Å². The van der Waals surface area contributed by atoms with E-state index in [2.05, 4.69) is 26.1 Å². The van der Waals surface area contributed by atoms with Crippen LogP contribution < -0.4 is 21.9 Å². The van der Waals surface area contributed by atoms with Crippen LogP contribution in [0.15, 0.2) is 12.5 Å². The van der Waals surface area contributed by atoms with Gasteiger partial charge in [0.15, 0.2) is 0 Å². The molecule has 0 aromatic carbocycles. The Kier molecular flexibility index (Phi) is 7.50. The normalized spacial score (nSPS) is 13.2. The average molecular weight is 328 g/mol. The minimum absolute atomic E-state index is 0.0847. The molecule has 0 radical (unpaired) electrons. The van der Waals surface area contributed by atoms with E-state index in [9.17, 15) is 14.4 Å². The van der Waals surface area contributed by atoms with Gasteiger partial charge in [0.2, 0.25) is 0 Å². The SMILES string of the molecule is NC(=O)NCCC[C@H](NN[C@@H](Cc1c[nH]cn1)C(=O)O)C(=O)O. The van der Waals surface area contributed by atoms with Gasteiger partial charge in [-0.2, -0.15) is 0 Å². The molecule has 0 aliphatic rings. The van der Waals surface area contributed by atoms with Crippen molar-refractivity contribution in [2.45, 2.75) is 31.3 Å². The highest BCUT2D eigenvalue weighted by Gasteiger charge is 2.22. The molecule has 8 N–H and O–H groups in total. The molecular formula is C12H20N6O5. The molecule has 11 heteroatoms. The van der Waals surface area contributed by atoms with Gasteiger partial charge in [-0.1, -0.05) is 0 Å². The van der Waals surface area contributed by atoms with Crippen LogP contribution in [0.5, 0.6) is 0 Å². The van der Waals surface area contributed by atoms with E-state index in [-0.39, 0.29) is 19.4 Å². The molecule has 2 amide bonds. The first-order valence-corrected chi connectivity index (χ1v) is 6.87. The third kappa shape index (κ3) is 7.24. The second kappa shape index (κ2) is 9.38. The minimum Gasteiger partial charge on any atom is -0.480 e. The number of nitrogens with one attached hydrogen (secondary N) is 4. The molecule has 0 aliphatic heterocycles. The van der Waals surface area contributed by atoms with E-state index >= 15 is 0 Å². The zero-order valence-electron chi connectivity index (χ0n) is 12.3. The summed E-state index contributed by atoms with van der Waals surface area (Å²) in [6.07, 6.45) is 3.61.